The van der Waals surface area contributed by atoms with Crippen LogP contribution >= 0.6 is 0 Å². The Bertz CT molecular complexity index is 792. The monoisotopic (exact) mass is 468 g/mol. The summed E-state index contributed by atoms with van der Waals surface area (Å²) < 4.78 is 1.47. The molecule has 0 unspecified atom stereocenters. The van der Waals surface area contributed by atoms with E-state index in [1.807, 2.05) is 0 Å². The Labute approximate surface area is 200 Å². The third-order valence-corrected chi connectivity index (χ3v) is 6.94. The van der Waals surface area contributed by atoms with E-state index in [2.05, 4.69) is 116 Å². The first-order valence-electron chi connectivity index (χ1n) is 9.03. The molecular formula is C24H27Cl3Ti. The normalized spacial score (nSPS) is 14.2. The SMILES string of the molecule is CC1=[C]([Ti+3])C(C)=C(C(c2ccccc2)(c2ccccc2)C(C)(C)C)C1.[Cl-].[Cl-].[Cl-]. The predicted octanol–water partition coefficient (Wildman–Crippen LogP) is -2.43. The summed E-state index contributed by atoms with van der Waals surface area (Å²) in [5.74, 6) is 0. The van der Waals surface area contributed by atoms with Crippen molar-refractivity contribution in [1.29, 1.82) is 0 Å². The van der Waals surface area contributed by atoms with E-state index in [9.17, 15) is 0 Å². The second kappa shape index (κ2) is 10.5. The van der Waals surface area contributed by atoms with Crippen molar-refractivity contribution in [3.8, 4) is 0 Å². The van der Waals surface area contributed by atoms with Crippen molar-refractivity contribution in [1.82, 2.24) is 0 Å². The van der Waals surface area contributed by atoms with Crippen LogP contribution in [0.3, 0.4) is 0 Å². The van der Waals surface area contributed by atoms with Crippen molar-refractivity contribution < 1.29 is 57.7 Å². The molecule has 0 saturated carbocycles. The maximum Gasteiger partial charge on any atom is -1.00 e. The molecule has 0 radical (unpaired) electrons. The molecule has 0 nitrogen and oxygen atoms in total. The van der Waals surface area contributed by atoms with E-state index in [1.54, 1.807) is 5.57 Å². The topological polar surface area (TPSA) is 0 Å². The van der Waals surface area contributed by atoms with Gasteiger partial charge in [-0.2, -0.15) is 0 Å². The van der Waals surface area contributed by atoms with Crippen LogP contribution in [0.2, 0.25) is 0 Å². The van der Waals surface area contributed by atoms with Crippen molar-refractivity contribution in [2.45, 2.75) is 46.5 Å². The first kappa shape index (κ1) is 27.5. The molecule has 0 bridgehead atoms. The van der Waals surface area contributed by atoms with E-state index < -0.39 is 0 Å². The predicted molar refractivity (Wildman–Crippen MR) is 103 cm³/mol. The number of halogens is 3. The van der Waals surface area contributed by atoms with Gasteiger partial charge in [0.1, 0.15) is 0 Å². The van der Waals surface area contributed by atoms with Gasteiger partial charge in [0.25, 0.3) is 0 Å². The van der Waals surface area contributed by atoms with Crippen LogP contribution in [0, 0.1) is 5.41 Å². The summed E-state index contributed by atoms with van der Waals surface area (Å²) in [6.45, 7) is 11.8. The molecule has 0 aliphatic heterocycles. The van der Waals surface area contributed by atoms with Crippen LogP contribution in [0.4, 0.5) is 0 Å². The third kappa shape index (κ3) is 4.47. The second-order valence-electron chi connectivity index (χ2n) is 8.17. The maximum absolute atomic E-state index is 2.39. The Hall–Kier alpha value is -0.496. The molecule has 0 saturated heterocycles. The Kier molecular flexibility index (Phi) is 10.3. The Balaban J connectivity index is 0.00000243. The molecule has 3 rings (SSSR count). The molecule has 4 heteroatoms. The summed E-state index contributed by atoms with van der Waals surface area (Å²) in [6, 6.07) is 22.2. The fraction of sp³-hybridized carbons (Fsp3) is 0.333. The van der Waals surface area contributed by atoms with Crippen LogP contribution in [0.5, 0.6) is 0 Å². The molecule has 28 heavy (non-hydrogen) atoms. The maximum atomic E-state index is 2.39. The molecule has 2 aromatic rings. The third-order valence-electron chi connectivity index (χ3n) is 5.69. The second-order valence-corrected chi connectivity index (χ2v) is 8.95. The van der Waals surface area contributed by atoms with Gasteiger partial charge < -0.3 is 37.2 Å². The van der Waals surface area contributed by atoms with Crippen molar-refractivity contribution >= 4 is 0 Å². The van der Waals surface area contributed by atoms with Crippen LogP contribution in [0.1, 0.15) is 52.2 Å². The average molecular weight is 470 g/mol. The summed E-state index contributed by atoms with van der Waals surface area (Å²) in [5.41, 5.74) is 7.26. The van der Waals surface area contributed by atoms with Crippen molar-refractivity contribution in [2.24, 2.45) is 5.41 Å². The summed E-state index contributed by atoms with van der Waals surface area (Å²) in [4.78, 5) is 0. The zero-order valence-corrected chi connectivity index (χ0v) is 20.9. The van der Waals surface area contributed by atoms with Gasteiger partial charge in [-0.1, -0.05) is 0 Å². The van der Waals surface area contributed by atoms with E-state index in [0.29, 0.717) is 0 Å². The number of rotatable bonds is 3. The van der Waals surface area contributed by atoms with Gasteiger partial charge in [0.15, 0.2) is 0 Å². The fourth-order valence-electron chi connectivity index (χ4n) is 4.58. The van der Waals surface area contributed by atoms with Crippen LogP contribution in [0.15, 0.2) is 81.3 Å². The molecule has 0 heterocycles. The van der Waals surface area contributed by atoms with Gasteiger partial charge in [-0.25, -0.2) is 0 Å². The Morgan fingerprint density at radius 1 is 0.714 bits per heavy atom. The van der Waals surface area contributed by atoms with Gasteiger partial charge in [-0.15, -0.1) is 0 Å². The smallest absolute Gasteiger partial charge is 1.00 e. The van der Waals surface area contributed by atoms with E-state index in [0.717, 1.165) is 6.42 Å². The molecule has 1 aliphatic rings. The zero-order valence-electron chi connectivity index (χ0n) is 17.1. The molecule has 0 amide bonds. The fourth-order valence-corrected chi connectivity index (χ4v) is 4.95. The Morgan fingerprint density at radius 2 is 1.11 bits per heavy atom. The van der Waals surface area contributed by atoms with Crippen molar-refractivity contribution in [3.63, 3.8) is 0 Å². The van der Waals surface area contributed by atoms with Gasteiger partial charge in [-0.3, -0.25) is 0 Å². The average Bonchev–Trinajstić information content (AvgIpc) is 2.84. The van der Waals surface area contributed by atoms with E-state index in [1.165, 1.54) is 26.2 Å². The quantitative estimate of drug-likeness (QED) is 0.439. The van der Waals surface area contributed by atoms with Gasteiger partial charge in [0.05, 0.1) is 0 Å². The minimum atomic E-state index is -0.126. The molecule has 0 spiro atoms. The largest absolute Gasteiger partial charge is 1.00 e. The van der Waals surface area contributed by atoms with Crippen LogP contribution in [-0.2, 0) is 25.9 Å². The molecule has 1 aliphatic carbocycles. The standard InChI is InChI=1S/C24H27.3ClH.Ti/c1-18-16-19(2)22(17-18)24(23(3,4)5,20-12-8-6-9-13-20)21-14-10-7-11-15-21;;;;/h6-15H,17H2,1-5H3;3*1H;/q;;;;+3/p-3. The number of allylic oxidation sites excluding steroid dienone is 4. The minimum Gasteiger partial charge on any atom is -1.00 e. The van der Waals surface area contributed by atoms with Crippen LogP contribution in [-0.4, -0.2) is 0 Å². The molecular weight excluding hydrogens is 442 g/mol. The van der Waals surface area contributed by atoms with Gasteiger partial charge in [0, 0.05) is 0 Å². The summed E-state index contributed by atoms with van der Waals surface area (Å²) in [6.07, 6.45) is 1.07. The minimum absolute atomic E-state index is 0. The van der Waals surface area contributed by atoms with Gasteiger partial charge in [-0.05, 0) is 0 Å². The van der Waals surface area contributed by atoms with Crippen molar-refractivity contribution in [3.05, 3.63) is 92.4 Å². The first-order valence-corrected chi connectivity index (χ1v) is 9.81. The molecule has 148 valence electrons. The van der Waals surface area contributed by atoms with E-state index in [4.69, 9.17) is 0 Å². The Morgan fingerprint density at radius 3 is 1.39 bits per heavy atom. The molecule has 0 atom stereocenters. The summed E-state index contributed by atoms with van der Waals surface area (Å²) in [7, 11) is 0. The summed E-state index contributed by atoms with van der Waals surface area (Å²) in [5, 5.41) is 0. The number of hydrogen-bond donors (Lipinski definition) is 0. The summed E-state index contributed by atoms with van der Waals surface area (Å²) >= 11 is 2.28. The molecule has 2 aromatic carbocycles. The van der Waals surface area contributed by atoms with Gasteiger partial charge >= 0.3 is 165 Å². The van der Waals surface area contributed by atoms with E-state index >= 15 is 0 Å². The zero-order chi connectivity index (χ0) is 18.2. The van der Waals surface area contributed by atoms with Crippen LogP contribution in [0.25, 0.3) is 0 Å². The molecule has 0 aromatic heterocycles. The van der Waals surface area contributed by atoms with Crippen LogP contribution < -0.4 is 37.2 Å². The van der Waals surface area contributed by atoms with Crippen molar-refractivity contribution in [2.75, 3.05) is 0 Å². The van der Waals surface area contributed by atoms with E-state index in [-0.39, 0.29) is 48.1 Å². The first-order chi connectivity index (χ1) is 11.8. The molecule has 0 N–H and O–H groups in total. The molecule has 0 fully saturated rings. The van der Waals surface area contributed by atoms with Gasteiger partial charge in [0.2, 0.25) is 0 Å². The number of benzene rings is 2. The number of hydrogen-bond acceptors (Lipinski definition) is 0.